The van der Waals surface area contributed by atoms with E-state index < -0.39 is 0 Å². The van der Waals surface area contributed by atoms with Crippen LogP contribution in [0, 0.1) is 0 Å². The van der Waals surface area contributed by atoms with Crippen molar-refractivity contribution in [1.29, 1.82) is 0 Å². The van der Waals surface area contributed by atoms with E-state index in [-0.39, 0.29) is 0 Å². The summed E-state index contributed by atoms with van der Waals surface area (Å²) in [6, 6.07) is 0. The van der Waals surface area contributed by atoms with E-state index >= 15 is 0 Å². The maximum atomic E-state index is 2.70. The van der Waals surface area contributed by atoms with Gasteiger partial charge in [0, 0.05) is 25.5 Å². The van der Waals surface area contributed by atoms with E-state index in [0.29, 0.717) is 6.17 Å². The van der Waals surface area contributed by atoms with E-state index in [1.165, 1.54) is 193 Å². The third-order valence-electron chi connectivity index (χ3n) is 8.82. The molecule has 1 heterocycles. The van der Waals surface area contributed by atoms with Gasteiger partial charge in [-0.1, -0.05) is 175 Å². The lowest BCUT2D eigenvalue weighted by Gasteiger charge is -2.33. The van der Waals surface area contributed by atoms with Crippen molar-refractivity contribution in [1.82, 2.24) is 9.80 Å². The van der Waals surface area contributed by atoms with Crippen molar-refractivity contribution in [3.05, 3.63) is 12.4 Å². The largest absolute Gasteiger partial charge is 0.356 e. The van der Waals surface area contributed by atoms with Crippen LogP contribution in [0.1, 0.15) is 201 Å². The Kier molecular flexibility index (Phi) is 26.0. The maximum Gasteiger partial charge on any atom is 0.101 e. The molecule has 0 N–H and O–H groups in total. The second-order valence-corrected chi connectivity index (χ2v) is 12.5. The second kappa shape index (κ2) is 27.9. The number of hydrogen-bond acceptors (Lipinski definition) is 2. The quantitative estimate of drug-likeness (QED) is 0.0848. The van der Waals surface area contributed by atoms with Crippen molar-refractivity contribution >= 4 is 0 Å². The summed E-state index contributed by atoms with van der Waals surface area (Å²) in [6.45, 7) is 9.47. The molecular formula is C36H72N2. The molecule has 1 aliphatic heterocycles. The molecule has 0 amide bonds. The van der Waals surface area contributed by atoms with Crippen LogP contribution in [0.2, 0.25) is 0 Å². The van der Waals surface area contributed by atoms with Gasteiger partial charge in [-0.15, -0.1) is 0 Å². The fraction of sp³-hybridized carbons (Fsp3) is 0.944. The first-order chi connectivity index (χ1) is 18.8. The molecule has 0 fully saturated rings. The predicted octanol–water partition coefficient (Wildman–Crippen LogP) is 12.4. The van der Waals surface area contributed by atoms with E-state index in [0.717, 1.165) is 0 Å². The van der Waals surface area contributed by atoms with Crippen LogP contribution in [0.25, 0.3) is 0 Å². The first-order valence-corrected chi connectivity index (χ1v) is 18.0. The molecule has 0 saturated heterocycles. The Bertz CT molecular complexity index is 488. The van der Waals surface area contributed by atoms with Crippen LogP contribution in [0.5, 0.6) is 0 Å². The molecule has 1 aliphatic rings. The summed E-state index contributed by atoms with van der Waals surface area (Å²) in [4.78, 5) is 5.40. The summed E-state index contributed by atoms with van der Waals surface area (Å²) in [7, 11) is 0. The molecule has 38 heavy (non-hydrogen) atoms. The highest BCUT2D eigenvalue weighted by Gasteiger charge is 2.24. The lowest BCUT2D eigenvalue weighted by Crippen LogP contribution is -2.39. The molecule has 1 unspecified atom stereocenters. The van der Waals surface area contributed by atoms with E-state index in [1.54, 1.807) is 0 Å². The van der Waals surface area contributed by atoms with Crippen LogP contribution in [-0.4, -0.2) is 29.1 Å². The van der Waals surface area contributed by atoms with Crippen molar-refractivity contribution in [2.45, 2.75) is 207 Å². The van der Waals surface area contributed by atoms with Gasteiger partial charge in [-0.05, 0) is 25.7 Å². The van der Waals surface area contributed by atoms with E-state index in [1.807, 2.05) is 0 Å². The van der Waals surface area contributed by atoms with Crippen LogP contribution in [-0.2, 0) is 0 Å². The topological polar surface area (TPSA) is 6.48 Å². The van der Waals surface area contributed by atoms with Crippen molar-refractivity contribution in [3.63, 3.8) is 0 Å². The lowest BCUT2D eigenvalue weighted by molar-refractivity contribution is 0.135. The molecule has 2 nitrogen and oxygen atoms in total. The normalized spacial score (nSPS) is 15.3. The standard InChI is InChI=1S/C36H72N2/c1-4-7-10-13-16-17-18-19-20-21-22-24-27-30-33-38-35-34-37(32-29-26-23-14-11-8-5-2)36(38)31-28-25-15-12-9-6-3/h34-36H,4-33H2,1-3H3. The van der Waals surface area contributed by atoms with E-state index in [4.69, 9.17) is 0 Å². The number of hydrogen-bond donors (Lipinski definition) is 0. The Morgan fingerprint density at radius 2 is 0.605 bits per heavy atom. The Balaban J connectivity index is 2.16. The predicted molar refractivity (Wildman–Crippen MR) is 173 cm³/mol. The van der Waals surface area contributed by atoms with Gasteiger partial charge < -0.3 is 9.80 Å². The third kappa shape index (κ3) is 20.3. The Morgan fingerprint density at radius 1 is 0.342 bits per heavy atom. The molecule has 0 aromatic rings. The van der Waals surface area contributed by atoms with Gasteiger partial charge in [-0.3, -0.25) is 0 Å². The molecule has 0 aromatic heterocycles. The van der Waals surface area contributed by atoms with Gasteiger partial charge in [0.25, 0.3) is 0 Å². The molecule has 0 radical (unpaired) electrons. The van der Waals surface area contributed by atoms with Gasteiger partial charge in [-0.2, -0.15) is 0 Å². The highest BCUT2D eigenvalue weighted by atomic mass is 15.4. The van der Waals surface area contributed by atoms with Gasteiger partial charge in [0.15, 0.2) is 0 Å². The number of rotatable bonds is 30. The smallest absolute Gasteiger partial charge is 0.101 e. The summed E-state index contributed by atoms with van der Waals surface area (Å²) in [5, 5.41) is 0. The highest BCUT2D eigenvalue weighted by molar-refractivity contribution is 4.97. The minimum absolute atomic E-state index is 0.642. The zero-order chi connectivity index (χ0) is 27.4. The average molecular weight is 533 g/mol. The van der Waals surface area contributed by atoms with E-state index in [9.17, 15) is 0 Å². The molecule has 0 aromatic carbocycles. The Morgan fingerprint density at radius 3 is 0.921 bits per heavy atom. The molecule has 1 atom stereocenters. The second-order valence-electron chi connectivity index (χ2n) is 12.5. The van der Waals surface area contributed by atoms with Crippen LogP contribution >= 0.6 is 0 Å². The van der Waals surface area contributed by atoms with E-state index in [2.05, 4.69) is 43.0 Å². The fourth-order valence-electron chi connectivity index (χ4n) is 6.19. The van der Waals surface area contributed by atoms with Crippen LogP contribution in [0.4, 0.5) is 0 Å². The zero-order valence-corrected chi connectivity index (χ0v) is 26.8. The third-order valence-corrected chi connectivity index (χ3v) is 8.82. The fourth-order valence-corrected chi connectivity index (χ4v) is 6.19. The van der Waals surface area contributed by atoms with Gasteiger partial charge >= 0.3 is 0 Å². The van der Waals surface area contributed by atoms with Gasteiger partial charge in [-0.25, -0.2) is 0 Å². The lowest BCUT2D eigenvalue weighted by atomic mass is 10.0. The summed E-state index contributed by atoms with van der Waals surface area (Å²) < 4.78 is 0. The van der Waals surface area contributed by atoms with Gasteiger partial charge in [0.2, 0.25) is 0 Å². The number of unbranched alkanes of at least 4 members (excludes halogenated alkanes) is 24. The van der Waals surface area contributed by atoms with Gasteiger partial charge in [0.1, 0.15) is 6.17 Å². The van der Waals surface area contributed by atoms with Crippen LogP contribution in [0.15, 0.2) is 12.4 Å². The van der Waals surface area contributed by atoms with Crippen molar-refractivity contribution in [2.75, 3.05) is 13.1 Å². The SMILES string of the molecule is CCCCCCCCCCCCCCCCN1C=CN(CCCCCCCCC)C1CCCCCCCC. The first kappa shape index (κ1) is 35.4. The monoisotopic (exact) mass is 533 g/mol. The van der Waals surface area contributed by atoms with Crippen LogP contribution in [0.3, 0.4) is 0 Å². The maximum absolute atomic E-state index is 2.70. The van der Waals surface area contributed by atoms with Crippen LogP contribution < -0.4 is 0 Å². The summed E-state index contributed by atoms with van der Waals surface area (Å²) in [6.07, 6.45) is 45.5. The molecule has 2 heteroatoms. The minimum atomic E-state index is 0.642. The molecule has 0 saturated carbocycles. The number of nitrogens with zero attached hydrogens (tertiary/aromatic N) is 2. The molecular weight excluding hydrogens is 460 g/mol. The summed E-state index contributed by atoms with van der Waals surface area (Å²) >= 11 is 0. The Hall–Kier alpha value is -0.660. The molecule has 0 spiro atoms. The average Bonchev–Trinajstić information content (AvgIpc) is 3.31. The first-order valence-electron chi connectivity index (χ1n) is 18.0. The molecule has 0 aliphatic carbocycles. The van der Waals surface area contributed by atoms with Crippen molar-refractivity contribution < 1.29 is 0 Å². The molecule has 1 rings (SSSR count). The summed E-state index contributed by atoms with van der Waals surface area (Å²) in [5.41, 5.74) is 0. The molecule has 0 bridgehead atoms. The molecule has 226 valence electrons. The Labute approximate surface area is 241 Å². The minimum Gasteiger partial charge on any atom is -0.356 e. The van der Waals surface area contributed by atoms with Gasteiger partial charge in [0.05, 0.1) is 0 Å². The van der Waals surface area contributed by atoms with Crippen molar-refractivity contribution in [3.8, 4) is 0 Å². The summed E-state index contributed by atoms with van der Waals surface area (Å²) in [5.74, 6) is 0. The zero-order valence-electron chi connectivity index (χ0n) is 26.8. The highest BCUT2D eigenvalue weighted by Crippen LogP contribution is 2.24. The van der Waals surface area contributed by atoms with Crippen molar-refractivity contribution in [2.24, 2.45) is 0 Å².